The van der Waals surface area contributed by atoms with Gasteiger partial charge in [-0.1, -0.05) is 13.8 Å². The molecule has 0 fully saturated rings. The van der Waals surface area contributed by atoms with E-state index in [1.54, 1.807) is 0 Å². The molecule has 4 nitrogen and oxygen atoms in total. The molecular formula is C11H23NO3. The van der Waals surface area contributed by atoms with Crippen molar-refractivity contribution in [1.29, 1.82) is 0 Å². The third-order valence-electron chi connectivity index (χ3n) is 1.97. The maximum atomic E-state index is 11.1. The maximum Gasteiger partial charge on any atom is 0.222 e. The van der Waals surface area contributed by atoms with Crippen LogP contribution in [0.4, 0.5) is 0 Å². The van der Waals surface area contributed by atoms with Gasteiger partial charge in [-0.2, -0.15) is 0 Å². The molecule has 4 heteroatoms. The van der Waals surface area contributed by atoms with E-state index in [9.17, 15) is 4.79 Å². The Hall–Kier alpha value is -0.610. The van der Waals surface area contributed by atoms with Crippen LogP contribution in [0.25, 0.3) is 0 Å². The summed E-state index contributed by atoms with van der Waals surface area (Å²) in [5.74, 6) is 0.545. The monoisotopic (exact) mass is 217 g/mol. The number of hydrogen-bond donors (Lipinski definition) is 2. The number of hydrogen-bond acceptors (Lipinski definition) is 3. The van der Waals surface area contributed by atoms with E-state index in [4.69, 9.17) is 9.84 Å². The number of aliphatic hydroxyl groups excluding tert-OH is 1. The van der Waals surface area contributed by atoms with Crippen molar-refractivity contribution in [1.82, 2.24) is 5.32 Å². The van der Waals surface area contributed by atoms with Crippen molar-refractivity contribution in [2.75, 3.05) is 19.8 Å². The average Bonchev–Trinajstić information content (AvgIpc) is 2.13. The largest absolute Gasteiger partial charge is 0.395 e. The van der Waals surface area contributed by atoms with Crippen LogP contribution in [0.3, 0.4) is 0 Å². The second-order valence-electron chi connectivity index (χ2n) is 4.13. The predicted octanol–water partition coefficient (Wildman–Crippen LogP) is 0.936. The molecule has 1 atom stereocenters. The molecule has 0 aromatic rings. The van der Waals surface area contributed by atoms with Crippen LogP contribution in [0.15, 0.2) is 0 Å². The van der Waals surface area contributed by atoms with Crippen molar-refractivity contribution in [3.63, 3.8) is 0 Å². The fourth-order valence-corrected chi connectivity index (χ4v) is 1.37. The average molecular weight is 217 g/mol. The molecule has 0 saturated carbocycles. The van der Waals surface area contributed by atoms with Crippen LogP contribution in [-0.4, -0.2) is 36.9 Å². The Balaban J connectivity index is 3.40. The fraction of sp³-hybridized carbons (Fsp3) is 0.909. The van der Waals surface area contributed by atoms with Crippen molar-refractivity contribution < 1.29 is 14.6 Å². The van der Waals surface area contributed by atoms with Crippen molar-refractivity contribution in [3.8, 4) is 0 Å². The first kappa shape index (κ1) is 14.4. The van der Waals surface area contributed by atoms with E-state index in [0.29, 0.717) is 25.5 Å². The Morgan fingerprint density at radius 3 is 2.60 bits per heavy atom. The Morgan fingerprint density at radius 2 is 2.07 bits per heavy atom. The minimum Gasteiger partial charge on any atom is -0.395 e. The molecule has 0 radical (unpaired) electrons. The lowest BCUT2D eigenvalue weighted by Crippen LogP contribution is -2.27. The standard InChI is InChI=1S/C11H23NO3/c1-9(2)8-10(3)15-7-4-11(14)12-5-6-13/h9-10,13H,4-8H2,1-3H3,(H,12,14). The molecule has 15 heavy (non-hydrogen) atoms. The lowest BCUT2D eigenvalue weighted by molar-refractivity contribution is -0.122. The van der Waals surface area contributed by atoms with Crippen molar-refractivity contribution >= 4 is 5.91 Å². The molecule has 0 aliphatic heterocycles. The van der Waals surface area contributed by atoms with E-state index >= 15 is 0 Å². The molecular weight excluding hydrogens is 194 g/mol. The molecule has 0 spiro atoms. The van der Waals surface area contributed by atoms with Gasteiger partial charge in [-0.3, -0.25) is 4.79 Å². The summed E-state index contributed by atoms with van der Waals surface area (Å²) in [6.07, 6.45) is 1.58. The predicted molar refractivity (Wildman–Crippen MR) is 59.6 cm³/mol. The van der Waals surface area contributed by atoms with Gasteiger partial charge in [0.05, 0.1) is 19.3 Å². The van der Waals surface area contributed by atoms with Crippen LogP contribution in [0.5, 0.6) is 0 Å². The molecule has 1 amide bonds. The number of carbonyl (C=O) groups is 1. The number of ether oxygens (including phenoxy) is 1. The molecule has 90 valence electrons. The van der Waals surface area contributed by atoms with Gasteiger partial charge in [0.1, 0.15) is 0 Å². The zero-order valence-corrected chi connectivity index (χ0v) is 9.95. The van der Waals surface area contributed by atoms with Crippen molar-refractivity contribution in [2.24, 2.45) is 5.92 Å². The Labute approximate surface area is 92.0 Å². The van der Waals surface area contributed by atoms with Crippen molar-refractivity contribution in [3.05, 3.63) is 0 Å². The number of amides is 1. The molecule has 0 aromatic carbocycles. The Morgan fingerprint density at radius 1 is 1.40 bits per heavy atom. The summed E-state index contributed by atoms with van der Waals surface area (Å²) in [5.41, 5.74) is 0. The SMILES string of the molecule is CC(C)CC(C)OCCC(=O)NCCO. The second kappa shape index (κ2) is 8.68. The van der Waals surface area contributed by atoms with Crippen LogP contribution in [-0.2, 0) is 9.53 Å². The molecule has 2 N–H and O–H groups in total. The van der Waals surface area contributed by atoms with Crippen LogP contribution in [0.1, 0.15) is 33.6 Å². The summed E-state index contributed by atoms with van der Waals surface area (Å²) in [5, 5.41) is 11.1. The lowest BCUT2D eigenvalue weighted by Gasteiger charge is -2.14. The molecule has 0 bridgehead atoms. The van der Waals surface area contributed by atoms with Crippen LogP contribution >= 0.6 is 0 Å². The normalized spacial score (nSPS) is 12.9. The fourth-order valence-electron chi connectivity index (χ4n) is 1.37. The summed E-state index contributed by atoms with van der Waals surface area (Å²) >= 11 is 0. The van der Waals surface area contributed by atoms with E-state index in [2.05, 4.69) is 19.2 Å². The molecule has 1 unspecified atom stereocenters. The van der Waals surface area contributed by atoms with Crippen LogP contribution in [0, 0.1) is 5.92 Å². The number of aliphatic hydroxyl groups is 1. The first-order chi connectivity index (χ1) is 7.06. The summed E-state index contributed by atoms with van der Waals surface area (Å²) in [6, 6.07) is 0. The molecule has 0 aliphatic rings. The quantitative estimate of drug-likeness (QED) is 0.636. The van der Waals surface area contributed by atoms with Crippen LogP contribution < -0.4 is 5.32 Å². The van der Waals surface area contributed by atoms with Gasteiger partial charge in [0.15, 0.2) is 0 Å². The minimum atomic E-state index is -0.0687. The highest BCUT2D eigenvalue weighted by Gasteiger charge is 2.06. The van der Waals surface area contributed by atoms with Crippen LogP contribution in [0.2, 0.25) is 0 Å². The first-order valence-corrected chi connectivity index (χ1v) is 5.55. The van der Waals surface area contributed by atoms with Crippen molar-refractivity contribution in [2.45, 2.75) is 39.7 Å². The van der Waals surface area contributed by atoms with E-state index in [0.717, 1.165) is 6.42 Å². The van der Waals surface area contributed by atoms with Gasteiger partial charge in [-0.05, 0) is 19.3 Å². The molecule has 0 aliphatic carbocycles. The Bertz CT molecular complexity index is 171. The molecule has 0 rings (SSSR count). The highest BCUT2D eigenvalue weighted by Crippen LogP contribution is 2.07. The minimum absolute atomic E-state index is 0.0175. The smallest absolute Gasteiger partial charge is 0.222 e. The number of carbonyl (C=O) groups excluding carboxylic acids is 1. The summed E-state index contributed by atoms with van der Waals surface area (Å²) < 4.78 is 5.48. The van der Waals surface area contributed by atoms with E-state index in [1.807, 2.05) is 6.92 Å². The van der Waals surface area contributed by atoms with Gasteiger partial charge in [-0.25, -0.2) is 0 Å². The van der Waals surface area contributed by atoms with E-state index in [-0.39, 0.29) is 18.6 Å². The van der Waals surface area contributed by atoms with Gasteiger partial charge in [0.25, 0.3) is 0 Å². The van der Waals surface area contributed by atoms with Gasteiger partial charge < -0.3 is 15.2 Å². The van der Waals surface area contributed by atoms with E-state index < -0.39 is 0 Å². The zero-order chi connectivity index (χ0) is 11.7. The topological polar surface area (TPSA) is 58.6 Å². The van der Waals surface area contributed by atoms with Gasteiger partial charge in [0.2, 0.25) is 5.91 Å². The van der Waals surface area contributed by atoms with Gasteiger partial charge in [0, 0.05) is 13.0 Å². The van der Waals surface area contributed by atoms with Gasteiger partial charge in [-0.15, -0.1) is 0 Å². The third-order valence-corrected chi connectivity index (χ3v) is 1.97. The maximum absolute atomic E-state index is 11.1. The Kier molecular flexibility index (Phi) is 8.33. The molecule has 0 aromatic heterocycles. The summed E-state index contributed by atoms with van der Waals surface area (Å²) in [7, 11) is 0. The zero-order valence-electron chi connectivity index (χ0n) is 9.95. The number of nitrogens with one attached hydrogen (secondary N) is 1. The van der Waals surface area contributed by atoms with Gasteiger partial charge >= 0.3 is 0 Å². The third kappa shape index (κ3) is 9.69. The first-order valence-electron chi connectivity index (χ1n) is 5.55. The second-order valence-corrected chi connectivity index (χ2v) is 4.13. The summed E-state index contributed by atoms with van der Waals surface area (Å²) in [6.45, 7) is 7.06. The highest BCUT2D eigenvalue weighted by atomic mass is 16.5. The molecule has 0 saturated heterocycles. The summed E-state index contributed by atoms with van der Waals surface area (Å²) in [4.78, 5) is 11.1. The number of rotatable bonds is 8. The lowest BCUT2D eigenvalue weighted by atomic mass is 10.1. The highest BCUT2D eigenvalue weighted by molar-refractivity contribution is 5.75. The molecule has 0 heterocycles. The van der Waals surface area contributed by atoms with E-state index in [1.165, 1.54) is 0 Å².